The molecule has 0 atom stereocenters. The summed E-state index contributed by atoms with van der Waals surface area (Å²) in [5.74, 6) is -1.34. The zero-order valence-corrected chi connectivity index (χ0v) is 21.1. The van der Waals surface area contributed by atoms with Crippen LogP contribution in [0.3, 0.4) is 0 Å². The number of halogens is 1. The van der Waals surface area contributed by atoms with Gasteiger partial charge < -0.3 is 19.4 Å². The fraction of sp³-hybridized carbons (Fsp3) is 0.120. The summed E-state index contributed by atoms with van der Waals surface area (Å²) in [6.07, 6.45) is 5.35. The lowest BCUT2D eigenvalue weighted by molar-refractivity contribution is -0.137. The smallest absolute Gasteiger partial charge is 0.317 e. The number of hydrogen-bond acceptors (Lipinski definition) is 9. The van der Waals surface area contributed by atoms with Crippen molar-refractivity contribution in [2.75, 3.05) is 5.32 Å². The topological polar surface area (TPSA) is 145 Å². The molecule has 0 aromatic carbocycles. The van der Waals surface area contributed by atoms with Crippen molar-refractivity contribution in [2.45, 2.75) is 19.5 Å². The van der Waals surface area contributed by atoms with Gasteiger partial charge in [-0.2, -0.15) is 9.78 Å². The Morgan fingerprint density at radius 1 is 1.13 bits per heavy atom. The molecule has 0 radical (unpaired) electrons. The number of oxazole rings is 1. The van der Waals surface area contributed by atoms with Crippen molar-refractivity contribution in [3.63, 3.8) is 0 Å². The Morgan fingerprint density at radius 2 is 2.00 bits per heavy atom. The van der Waals surface area contributed by atoms with Crippen LogP contribution in [0.25, 0.3) is 22.5 Å². The maximum Gasteiger partial charge on any atom is 0.317 e. The highest BCUT2D eigenvalue weighted by molar-refractivity contribution is 7.16. The fourth-order valence-corrected chi connectivity index (χ4v) is 4.84. The molecule has 2 N–H and O–H groups in total. The van der Waals surface area contributed by atoms with E-state index in [0.29, 0.717) is 28.0 Å². The Hall–Kier alpha value is -4.55. The molecule has 0 aliphatic rings. The average Bonchev–Trinajstić information content (AvgIpc) is 3.68. The van der Waals surface area contributed by atoms with E-state index in [1.807, 2.05) is 6.07 Å². The maximum atomic E-state index is 13.6. The first-order valence-corrected chi connectivity index (χ1v) is 12.5. The van der Waals surface area contributed by atoms with E-state index in [-0.39, 0.29) is 30.0 Å². The Kier molecular flexibility index (Phi) is 7.15. The van der Waals surface area contributed by atoms with Gasteiger partial charge in [-0.05, 0) is 36.4 Å². The molecule has 0 fully saturated rings. The molecule has 5 aromatic heterocycles. The number of aliphatic carboxylic acids is 1. The number of carbonyl (C=O) groups is 2. The molecule has 38 heavy (non-hydrogen) atoms. The van der Waals surface area contributed by atoms with Crippen LogP contribution in [0.15, 0.2) is 76.7 Å². The van der Waals surface area contributed by atoms with E-state index in [0.717, 1.165) is 16.0 Å². The number of hydrogen-bond donors (Lipinski definition) is 2. The van der Waals surface area contributed by atoms with Gasteiger partial charge in [0, 0.05) is 35.4 Å². The summed E-state index contributed by atoms with van der Waals surface area (Å²) in [5, 5.41) is 16.8. The van der Waals surface area contributed by atoms with Gasteiger partial charge in [-0.3, -0.25) is 19.4 Å². The molecule has 0 bridgehead atoms. The number of thiophene rings is 1. The molecule has 0 spiro atoms. The van der Waals surface area contributed by atoms with Crippen LogP contribution in [0.1, 0.15) is 21.9 Å². The van der Waals surface area contributed by atoms with Crippen molar-refractivity contribution in [1.82, 2.24) is 24.3 Å². The van der Waals surface area contributed by atoms with Crippen LogP contribution in [0.2, 0.25) is 4.34 Å². The van der Waals surface area contributed by atoms with E-state index in [4.69, 9.17) is 16.0 Å². The standard InChI is InChI=1S/C25H19ClN6O5S/c26-21-6-3-16(38-21)12-29-22-10-18(30-32(22)25(36)20-13-28-14-37-20)17-4-5-19(15-2-1-8-27-11-15)31(24(17)35)9-7-23(33)34/h1-6,8,10-11,13-14,29H,7,9,12H2,(H,33,34). The second-order valence-electron chi connectivity index (χ2n) is 8.03. The summed E-state index contributed by atoms with van der Waals surface area (Å²) >= 11 is 7.42. The Balaban J connectivity index is 1.58. The number of nitrogens with zero attached hydrogens (tertiary/aromatic N) is 5. The highest BCUT2D eigenvalue weighted by Crippen LogP contribution is 2.26. The summed E-state index contributed by atoms with van der Waals surface area (Å²) < 4.78 is 8.26. The molecule has 192 valence electrons. The molecular formula is C25H19ClN6O5S. The monoisotopic (exact) mass is 550 g/mol. The van der Waals surface area contributed by atoms with E-state index < -0.39 is 17.4 Å². The maximum absolute atomic E-state index is 13.6. The molecule has 5 aromatic rings. The van der Waals surface area contributed by atoms with Crippen molar-refractivity contribution in [1.29, 1.82) is 0 Å². The number of aromatic nitrogens is 5. The van der Waals surface area contributed by atoms with Crippen LogP contribution in [0, 0.1) is 0 Å². The molecule has 0 aliphatic carbocycles. The normalized spacial score (nSPS) is 11.0. The minimum atomic E-state index is -1.04. The zero-order chi connectivity index (χ0) is 26.6. The third-order valence-corrected chi connectivity index (χ3v) is 6.81. The van der Waals surface area contributed by atoms with Crippen molar-refractivity contribution in [3.05, 3.63) is 92.8 Å². The Bertz CT molecular complexity index is 1660. The van der Waals surface area contributed by atoms with Gasteiger partial charge in [0.05, 0.1) is 34.8 Å². The van der Waals surface area contributed by atoms with Gasteiger partial charge in [0.15, 0.2) is 6.39 Å². The number of carbonyl (C=O) groups excluding carboxylic acids is 1. The molecule has 0 saturated heterocycles. The molecule has 13 heteroatoms. The fourth-order valence-electron chi connectivity index (χ4n) is 3.81. The number of anilines is 1. The van der Waals surface area contributed by atoms with Gasteiger partial charge in [-0.25, -0.2) is 4.98 Å². The van der Waals surface area contributed by atoms with E-state index in [9.17, 15) is 19.5 Å². The Morgan fingerprint density at radius 3 is 2.68 bits per heavy atom. The molecule has 5 rings (SSSR count). The molecule has 0 unspecified atom stereocenters. The van der Waals surface area contributed by atoms with Crippen molar-refractivity contribution in [3.8, 4) is 22.5 Å². The number of nitrogens with one attached hydrogen (secondary N) is 1. The Labute approximate surface area is 224 Å². The summed E-state index contributed by atoms with van der Waals surface area (Å²) in [4.78, 5) is 46.9. The zero-order valence-electron chi connectivity index (χ0n) is 19.6. The van der Waals surface area contributed by atoms with Crippen molar-refractivity contribution < 1.29 is 19.1 Å². The molecule has 0 aliphatic heterocycles. The first-order chi connectivity index (χ1) is 18.4. The van der Waals surface area contributed by atoms with Crippen molar-refractivity contribution in [2.24, 2.45) is 0 Å². The third kappa shape index (κ3) is 5.26. The number of carboxylic acids is 1. The molecule has 0 amide bonds. The second kappa shape index (κ2) is 10.8. The van der Waals surface area contributed by atoms with Gasteiger partial charge in [-0.1, -0.05) is 11.6 Å². The van der Waals surface area contributed by atoms with Crippen LogP contribution < -0.4 is 10.9 Å². The van der Waals surface area contributed by atoms with Gasteiger partial charge in [0.2, 0.25) is 5.76 Å². The van der Waals surface area contributed by atoms with E-state index in [2.05, 4.69) is 20.4 Å². The highest BCUT2D eigenvalue weighted by atomic mass is 35.5. The number of pyridine rings is 2. The average molecular weight is 551 g/mol. The summed E-state index contributed by atoms with van der Waals surface area (Å²) in [7, 11) is 0. The van der Waals surface area contributed by atoms with Gasteiger partial charge in [0.25, 0.3) is 5.56 Å². The lowest BCUT2D eigenvalue weighted by Crippen LogP contribution is -2.25. The van der Waals surface area contributed by atoms with Gasteiger partial charge in [0.1, 0.15) is 11.5 Å². The molecular weight excluding hydrogens is 532 g/mol. The highest BCUT2D eigenvalue weighted by Gasteiger charge is 2.22. The van der Waals surface area contributed by atoms with Crippen LogP contribution in [0.4, 0.5) is 5.82 Å². The minimum absolute atomic E-state index is 0.0346. The SMILES string of the molecule is O=C(O)CCn1c(-c2cccnc2)ccc(-c2cc(NCc3ccc(Cl)s3)n(C(=O)c3cnco3)n2)c1=O. The molecule has 0 saturated carbocycles. The molecule has 5 heterocycles. The lowest BCUT2D eigenvalue weighted by Gasteiger charge is -2.13. The van der Waals surface area contributed by atoms with Crippen LogP contribution in [0.5, 0.6) is 0 Å². The molecule has 11 nitrogen and oxygen atoms in total. The van der Waals surface area contributed by atoms with Crippen LogP contribution >= 0.6 is 22.9 Å². The summed E-state index contributed by atoms with van der Waals surface area (Å²) in [6, 6.07) is 12.0. The minimum Gasteiger partial charge on any atom is -0.481 e. The lowest BCUT2D eigenvalue weighted by atomic mass is 10.1. The predicted octanol–water partition coefficient (Wildman–Crippen LogP) is 4.25. The first kappa shape index (κ1) is 25.1. The van der Waals surface area contributed by atoms with Crippen LogP contribution in [-0.4, -0.2) is 41.3 Å². The van der Waals surface area contributed by atoms with E-state index in [1.54, 1.807) is 48.8 Å². The summed E-state index contributed by atoms with van der Waals surface area (Å²) in [5.41, 5.74) is 1.12. The van der Waals surface area contributed by atoms with E-state index >= 15 is 0 Å². The predicted molar refractivity (Wildman–Crippen MR) is 140 cm³/mol. The summed E-state index contributed by atoms with van der Waals surface area (Å²) in [6.45, 7) is 0.295. The number of rotatable bonds is 9. The largest absolute Gasteiger partial charge is 0.481 e. The van der Waals surface area contributed by atoms with Gasteiger partial charge in [-0.15, -0.1) is 11.3 Å². The third-order valence-electron chi connectivity index (χ3n) is 5.57. The van der Waals surface area contributed by atoms with Crippen LogP contribution in [-0.2, 0) is 17.9 Å². The second-order valence-corrected chi connectivity index (χ2v) is 9.83. The van der Waals surface area contributed by atoms with Gasteiger partial charge >= 0.3 is 11.9 Å². The van der Waals surface area contributed by atoms with Crippen molar-refractivity contribution >= 4 is 40.6 Å². The quantitative estimate of drug-likeness (QED) is 0.275. The number of carboxylic acid groups (broad SMARTS) is 1. The van der Waals surface area contributed by atoms with E-state index in [1.165, 1.54) is 22.1 Å². The first-order valence-electron chi connectivity index (χ1n) is 11.3.